The summed E-state index contributed by atoms with van der Waals surface area (Å²) in [7, 11) is 0. The minimum absolute atomic E-state index is 0.188. The fraction of sp³-hybridized carbons (Fsp3) is 0.611. The Bertz CT molecular complexity index is 531. The molecule has 0 saturated carbocycles. The average Bonchev–Trinajstić information content (AvgIpc) is 2.67. The van der Waals surface area contributed by atoms with Crippen molar-refractivity contribution in [3.05, 3.63) is 23.8 Å². The third kappa shape index (κ3) is 5.05. The monoisotopic (exact) mass is 319 g/mol. The number of carbonyl (C=O) groups excluding carboxylic acids is 1. The van der Waals surface area contributed by atoms with E-state index in [0.29, 0.717) is 6.54 Å². The molecule has 1 heterocycles. The molecule has 1 saturated heterocycles. The molecule has 1 aliphatic rings. The van der Waals surface area contributed by atoms with Gasteiger partial charge in [0.05, 0.1) is 11.4 Å². The summed E-state index contributed by atoms with van der Waals surface area (Å²) in [6, 6.07) is 6.09. The quantitative estimate of drug-likeness (QED) is 0.814. The van der Waals surface area contributed by atoms with Gasteiger partial charge in [-0.1, -0.05) is 12.1 Å². The second-order valence-corrected chi connectivity index (χ2v) is 7.30. The minimum Gasteiger partial charge on any atom is -0.444 e. The predicted molar refractivity (Wildman–Crippen MR) is 94.7 cm³/mol. The number of aryl methyl sites for hydroxylation is 1. The van der Waals surface area contributed by atoms with E-state index in [4.69, 9.17) is 10.5 Å². The zero-order valence-electron chi connectivity index (χ0n) is 14.7. The number of nitrogens with one attached hydrogen (secondary N) is 1. The molecule has 1 aromatic carbocycles. The average molecular weight is 319 g/mol. The van der Waals surface area contributed by atoms with Crippen molar-refractivity contribution >= 4 is 17.5 Å². The number of hydrogen-bond donors (Lipinski definition) is 2. The van der Waals surface area contributed by atoms with E-state index < -0.39 is 5.60 Å². The van der Waals surface area contributed by atoms with Crippen LogP contribution in [0.4, 0.5) is 16.2 Å². The molecule has 0 radical (unpaired) electrons. The van der Waals surface area contributed by atoms with Crippen LogP contribution in [0.15, 0.2) is 18.2 Å². The number of anilines is 2. The molecule has 23 heavy (non-hydrogen) atoms. The van der Waals surface area contributed by atoms with Crippen molar-refractivity contribution in [2.75, 3.05) is 24.1 Å². The van der Waals surface area contributed by atoms with E-state index >= 15 is 0 Å². The third-order valence-corrected chi connectivity index (χ3v) is 3.98. The molecule has 0 spiro atoms. The van der Waals surface area contributed by atoms with Crippen LogP contribution in [0.2, 0.25) is 0 Å². The molecule has 3 N–H and O–H groups in total. The zero-order valence-corrected chi connectivity index (χ0v) is 14.7. The van der Waals surface area contributed by atoms with E-state index in [1.54, 1.807) is 0 Å². The van der Waals surface area contributed by atoms with E-state index in [9.17, 15) is 4.79 Å². The smallest absolute Gasteiger partial charge is 0.410 e. The normalized spacial score (nSPS) is 19.1. The number of ether oxygens (including phenoxy) is 1. The molecular weight excluding hydrogens is 290 g/mol. The largest absolute Gasteiger partial charge is 0.444 e. The van der Waals surface area contributed by atoms with Gasteiger partial charge in [-0.2, -0.15) is 0 Å². The van der Waals surface area contributed by atoms with E-state index in [2.05, 4.69) is 5.32 Å². The maximum atomic E-state index is 12.3. The molecule has 0 unspecified atom stereocenters. The summed E-state index contributed by atoms with van der Waals surface area (Å²) in [6.07, 6.45) is 2.88. The van der Waals surface area contributed by atoms with E-state index in [1.807, 2.05) is 50.8 Å². The molecule has 128 valence electrons. The Labute approximate surface area is 139 Å². The van der Waals surface area contributed by atoms with Crippen molar-refractivity contribution in [3.63, 3.8) is 0 Å². The topological polar surface area (TPSA) is 67.6 Å². The van der Waals surface area contributed by atoms with Crippen LogP contribution in [-0.2, 0) is 4.74 Å². The molecule has 1 atom stereocenters. The Morgan fingerprint density at radius 1 is 1.35 bits per heavy atom. The Morgan fingerprint density at radius 3 is 2.74 bits per heavy atom. The SMILES string of the molecule is Cc1cccc(N)c1N[C@@H]1CCCCN(C(=O)OC(C)(C)C)C1. The lowest BCUT2D eigenvalue weighted by atomic mass is 10.1. The molecule has 2 rings (SSSR count). The van der Waals surface area contributed by atoms with Crippen LogP contribution in [0, 0.1) is 6.92 Å². The highest BCUT2D eigenvalue weighted by atomic mass is 16.6. The maximum Gasteiger partial charge on any atom is 0.410 e. The summed E-state index contributed by atoms with van der Waals surface area (Å²) in [5, 5.41) is 3.53. The number of nitrogens with zero attached hydrogens (tertiary/aromatic N) is 1. The summed E-state index contributed by atoms with van der Waals surface area (Å²) >= 11 is 0. The fourth-order valence-electron chi connectivity index (χ4n) is 2.84. The van der Waals surface area contributed by atoms with Gasteiger partial charge in [0.25, 0.3) is 0 Å². The minimum atomic E-state index is -0.466. The second-order valence-electron chi connectivity index (χ2n) is 7.30. The highest BCUT2D eigenvalue weighted by Gasteiger charge is 2.26. The maximum absolute atomic E-state index is 12.3. The van der Waals surface area contributed by atoms with Gasteiger partial charge in [-0.3, -0.25) is 0 Å². The van der Waals surface area contributed by atoms with Gasteiger partial charge in [0.15, 0.2) is 0 Å². The van der Waals surface area contributed by atoms with Gasteiger partial charge >= 0.3 is 6.09 Å². The van der Waals surface area contributed by atoms with Gasteiger partial charge < -0.3 is 20.7 Å². The van der Waals surface area contributed by atoms with Crippen LogP contribution in [0.1, 0.15) is 45.6 Å². The summed E-state index contributed by atoms with van der Waals surface area (Å²) < 4.78 is 5.51. The number of hydrogen-bond acceptors (Lipinski definition) is 4. The van der Waals surface area contributed by atoms with Gasteiger partial charge in [-0.25, -0.2) is 4.79 Å². The van der Waals surface area contributed by atoms with E-state index in [0.717, 1.165) is 42.7 Å². The first-order valence-corrected chi connectivity index (χ1v) is 8.36. The number of para-hydroxylation sites is 1. The molecule has 1 aromatic rings. The first-order chi connectivity index (χ1) is 10.8. The number of likely N-dealkylation sites (tertiary alicyclic amines) is 1. The lowest BCUT2D eigenvalue weighted by Gasteiger charge is -2.29. The molecule has 5 heteroatoms. The van der Waals surface area contributed by atoms with Crippen LogP contribution < -0.4 is 11.1 Å². The van der Waals surface area contributed by atoms with Crippen molar-refractivity contribution in [1.29, 1.82) is 0 Å². The summed E-state index contributed by atoms with van der Waals surface area (Å²) in [4.78, 5) is 14.2. The molecule has 5 nitrogen and oxygen atoms in total. The number of nitrogens with two attached hydrogens (primary N) is 1. The second kappa shape index (κ2) is 7.11. The number of nitrogen functional groups attached to an aromatic ring is 1. The fourth-order valence-corrected chi connectivity index (χ4v) is 2.84. The number of rotatable bonds is 2. The first kappa shape index (κ1) is 17.4. The van der Waals surface area contributed by atoms with Crippen LogP contribution in [0.25, 0.3) is 0 Å². The molecule has 1 amide bonds. The van der Waals surface area contributed by atoms with E-state index in [1.165, 1.54) is 0 Å². The molecule has 1 aliphatic heterocycles. The standard InChI is InChI=1S/C18H29N3O2/c1-13-8-7-10-15(19)16(13)20-14-9-5-6-11-21(12-14)17(22)23-18(2,3)4/h7-8,10,14,20H,5-6,9,11-12,19H2,1-4H3/t14-/m1/s1. The Morgan fingerprint density at radius 2 is 2.09 bits per heavy atom. The van der Waals surface area contributed by atoms with Crippen molar-refractivity contribution in [2.45, 2.75) is 58.6 Å². The van der Waals surface area contributed by atoms with Gasteiger partial charge in [0, 0.05) is 19.1 Å². The number of carbonyl (C=O) groups is 1. The van der Waals surface area contributed by atoms with Crippen molar-refractivity contribution in [2.24, 2.45) is 0 Å². The first-order valence-electron chi connectivity index (χ1n) is 8.36. The van der Waals surface area contributed by atoms with Crippen LogP contribution in [0.3, 0.4) is 0 Å². The van der Waals surface area contributed by atoms with Crippen LogP contribution >= 0.6 is 0 Å². The number of benzene rings is 1. The molecule has 0 aromatic heterocycles. The third-order valence-electron chi connectivity index (χ3n) is 3.98. The highest BCUT2D eigenvalue weighted by molar-refractivity contribution is 5.71. The van der Waals surface area contributed by atoms with Crippen LogP contribution in [0.5, 0.6) is 0 Å². The summed E-state index contributed by atoms with van der Waals surface area (Å²) in [6.45, 7) is 9.12. The summed E-state index contributed by atoms with van der Waals surface area (Å²) in [5.41, 5.74) is 8.47. The number of amides is 1. The van der Waals surface area contributed by atoms with Crippen LogP contribution in [-0.4, -0.2) is 35.7 Å². The molecule has 1 fully saturated rings. The van der Waals surface area contributed by atoms with Gasteiger partial charge in [0.2, 0.25) is 0 Å². The van der Waals surface area contributed by atoms with Gasteiger partial charge in [-0.15, -0.1) is 0 Å². The molecule has 0 aliphatic carbocycles. The van der Waals surface area contributed by atoms with Gasteiger partial charge in [0.1, 0.15) is 5.60 Å². The summed E-state index contributed by atoms with van der Waals surface area (Å²) in [5.74, 6) is 0. The molecule has 0 bridgehead atoms. The van der Waals surface area contributed by atoms with Crippen molar-refractivity contribution < 1.29 is 9.53 Å². The zero-order chi connectivity index (χ0) is 17.0. The van der Waals surface area contributed by atoms with E-state index in [-0.39, 0.29) is 12.1 Å². The Kier molecular flexibility index (Phi) is 5.39. The molecular formula is C18H29N3O2. The lowest BCUT2D eigenvalue weighted by molar-refractivity contribution is 0.0252. The van der Waals surface area contributed by atoms with Gasteiger partial charge in [-0.05, 0) is 58.6 Å². The Balaban J connectivity index is 2.06. The van der Waals surface area contributed by atoms with Crippen molar-refractivity contribution in [1.82, 2.24) is 4.90 Å². The predicted octanol–water partition coefficient (Wildman–Crippen LogP) is 3.78. The Hall–Kier alpha value is -1.91. The van der Waals surface area contributed by atoms with Crippen molar-refractivity contribution in [3.8, 4) is 0 Å². The lowest BCUT2D eigenvalue weighted by Crippen LogP contribution is -2.42. The highest BCUT2D eigenvalue weighted by Crippen LogP contribution is 2.25.